The van der Waals surface area contributed by atoms with Crippen LogP contribution in [-0.2, 0) is 4.79 Å². The average Bonchev–Trinajstić information content (AvgIpc) is 2.34. The Balaban J connectivity index is 2.35. The molecule has 19 heavy (non-hydrogen) atoms. The standard InChI is InChI=1S/C14H19NO4/c1-14(2)8-11(13(15)17)10-7-9(18-6-5-16)3-4-12(10)19-14/h3-4,7,11,16H,5-6,8H2,1-2H3,(H2,15,17). The van der Waals surface area contributed by atoms with Gasteiger partial charge in [0.25, 0.3) is 0 Å². The summed E-state index contributed by atoms with van der Waals surface area (Å²) in [6.07, 6.45) is 0.540. The van der Waals surface area contributed by atoms with Crippen molar-refractivity contribution in [3.8, 4) is 11.5 Å². The minimum atomic E-state index is -0.416. The summed E-state index contributed by atoms with van der Waals surface area (Å²) in [5, 5.41) is 8.75. The Morgan fingerprint density at radius 1 is 1.58 bits per heavy atom. The van der Waals surface area contributed by atoms with Gasteiger partial charge in [0.1, 0.15) is 23.7 Å². The van der Waals surface area contributed by atoms with Crippen LogP contribution in [0, 0.1) is 0 Å². The van der Waals surface area contributed by atoms with Gasteiger partial charge in [0.2, 0.25) is 5.91 Å². The number of carbonyl (C=O) groups excluding carboxylic acids is 1. The number of hydrogen-bond acceptors (Lipinski definition) is 4. The molecule has 0 radical (unpaired) electrons. The number of fused-ring (bicyclic) bond motifs is 1. The highest BCUT2D eigenvalue weighted by atomic mass is 16.5. The van der Waals surface area contributed by atoms with Crippen molar-refractivity contribution in [2.24, 2.45) is 5.73 Å². The minimum Gasteiger partial charge on any atom is -0.491 e. The quantitative estimate of drug-likeness (QED) is 0.856. The molecular weight excluding hydrogens is 246 g/mol. The third-order valence-electron chi connectivity index (χ3n) is 3.14. The summed E-state index contributed by atoms with van der Waals surface area (Å²) in [5.74, 6) is 0.520. The molecule has 1 aromatic rings. The van der Waals surface area contributed by atoms with Crippen LogP contribution < -0.4 is 15.2 Å². The van der Waals surface area contributed by atoms with Gasteiger partial charge < -0.3 is 20.3 Å². The Kier molecular flexibility index (Phi) is 3.66. The van der Waals surface area contributed by atoms with Crippen molar-refractivity contribution in [2.45, 2.75) is 31.8 Å². The number of benzene rings is 1. The van der Waals surface area contributed by atoms with Crippen molar-refractivity contribution in [2.75, 3.05) is 13.2 Å². The lowest BCUT2D eigenvalue weighted by Gasteiger charge is -2.36. The maximum Gasteiger partial charge on any atom is 0.225 e. The smallest absolute Gasteiger partial charge is 0.225 e. The highest BCUT2D eigenvalue weighted by Gasteiger charge is 2.36. The van der Waals surface area contributed by atoms with Crippen molar-refractivity contribution in [1.29, 1.82) is 0 Å². The third-order valence-corrected chi connectivity index (χ3v) is 3.14. The molecule has 0 aromatic heterocycles. The van der Waals surface area contributed by atoms with Gasteiger partial charge in [-0.15, -0.1) is 0 Å². The van der Waals surface area contributed by atoms with Crippen LogP contribution in [0.5, 0.6) is 11.5 Å². The third kappa shape index (κ3) is 2.98. The zero-order valence-corrected chi connectivity index (χ0v) is 11.2. The van der Waals surface area contributed by atoms with E-state index in [1.54, 1.807) is 18.2 Å². The molecule has 3 N–H and O–H groups in total. The molecule has 0 aliphatic carbocycles. The number of hydrogen-bond donors (Lipinski definition) is 2. The van der Waals surface area contributed by atoms with Crippen molar-refractivity contribution in [1.82, 2.24) is 0 Å². The molecule has 1 amide bonds. The first-order chi connectivity index (χ1) is 8.93. The van der Waals surface area contributed by atoms with Crippen molar-refractivity contribution < 1.29 is 19.4 Å². The van der Waals surface area contributed by atoms with Crippen LogP contribution in [0.25, 0.3) is 0 Å². The number of nitrogens with two attached hydrogens (primary N) is 1. The van der Waals surface area contributed by atoms with E-state index in [4.69, 9.17) is 20.3 Å². The molecule has 0 bridgehead atoms. The van der Waals surface area contributed by atoms with Gasteiger partial charge in [-0.25, -0.2) is 0 Å². The van der Waals surface area contributed by atoms with Crippen LogP contribution in [0.4, 0.5) is 0 Å². The number of rotatable bonds is 4. The topological polar surface area (TPSA) is 81.8 Å². The molecule has 0 saturated carbocycles. The average molecular weight is 265 g/mol. The molecule has 1 aliphatic rings. The second-order valence-electron chi connectivity index (χ2n) is 5.29. The molecular formula is C14H19NO4. The molecule has 1 aromatic carbocycles. The summed E-state index contributed by atoms with van der Waals surface area (Å²) in [6, 6.07) is 5.29. The van der Waals surface area contributed by atoms with Gasteiger partial charge in [-0.2, -0.15) is 0 Å². The summed E-state index contributed by atoms with van der Waals surface area (Å²) in [4.78, 5) is 11.6. The first-order valence-corrected chi connectivity index (χ1v) is 6.29. The number of carbonyl (C=O) groups is 1. The second-order valence-corrected chi connectivity index (χ2v) is 5.29. The van der Waals surface area contributed by atoms with Crippen LogP contribution in [0.15, 0.2) is 18.2 Å². The fraction of sp³-hybridized carbons (Fsp3) is 0.500. The van der Waals surface area contributed by atoms with Crippen molar-refractivity contribution >= 4 is 5.91 Å². The fourth-order valence-electron chi connectivity index (χ4n) is 2.34. The number of amides is 1. The van der Waals surface area contributed by atoms with Crippen LogP contribution in [0.2, 0.25) is 0 Å². The lowest BCUT2D eigenvalue weighted by Crippen LogP contribution is -2.39. The van der Waals surface area contributed by atoms with Gasteiger partial charge in [0.05, 0.1) is 12.5 Å². The Morgan fingerprint density at radius 3 is 2.95 bits per heavy atom. The normalized spacial score (nSPS) is 20.3. The molecule has 1 heterocycles. The summed E-state index contributed by atoms with van der Waals surface area (Å²) in [6.45, 7) is 4.02. The molecule has 0 spiro atoms. The van der Waals surface area contributed by atoms with Gasteiger partial charge in [-0.05, 0) is 32.0 Å². The van der Waals surface area contributed by atoms with E-state index in [1.165, 1.54) is 0 Å². The SMILES string of the molecule is CC1(C)CC(C(N)=O)c2cc(OCCO)ccc2O1. The second kappa shape index (κ2) is 5.09. The van der Waals surface area contributed by atoms with E-state index in [9.17, 15) is 4.79 Å². The molecule has 5 heteroatoms. The highest BCUT2D eigenvalue weighted by Crippen LogP contribution is 2.42. The van der Waals surface area contributed by atoms with Gasteiger partial charge in [-0.1, -0.05) is 0 Å². The van der Waals surface area contributed by atoms with E-state index < -0.39 is 5.60 Å². The summed E-state index contributed by atoms with van der Waals surface area (Å²) in [5.41, 5.74) is 5.81. The first kappa shape index (κ1) is 13.7. The molecule has 1 aliphatic heterocycles. The molecule has 5 nitrogen and oxygen atoms in total. The van der Waals surface area contributed by atoms with E-state index in [2.05, 4.69) is 0 Å². The maximum absolute atomic E-state index is 11.6. The van der Waals surface area contributed by atoms with E-state index in [0.717, 1.165) is 5.56 Å². The molecule has 1 atom stereocenters. The Hall–Kier alpha value is -1.75. The predicted molar refractivity (Wildman–Crippen MR) is 70.3 cm³/mol. The number of aliphatic hydroxyl groups excluding tert-OH is 1. The number of primary amides is 1. The van der Waals surface area contributed by atoms with Gasteiger partial charge in [0.15, 0.2) is 0 Å². The van der Waals surface area contributed by atoms with Crippen molar-refractivity contribution in [3.05, 3.63) is 23.8 Å². The summed E-state index contributed by atoms with van der Waals surface area (Å²) < 4.78 is 11.2. The van der Waals surface area contributed by atoms with Gasteiger partial charge in [0, 0.05) is 12.0 Å². The molecule has 0 fully saturated rings. The van der Waals surface area contributed by atoms with Crippen LogP contribution in [-0.4, -0.2) is 29.8 Å². The number of ether oxygens (including phenoxy) is 2. The van der Waals surface area contributed by atoms with E-state index in [0.29, 0.717) is 17.9 Å². The Morgan fingerprint density at radius 2 is 2.32 bits per heavy atom. The monoisotopic (exact) mass is 265 g/mol. The minimum absolute atomic E-state index is 0.0557. The zero-order chi connectivity index (χ0) is 14.0. The first-order valence-electron chi connectivity index (χ1n) is 6.29. The zero-order valence-electron chi connectivity index (χ0n) is 11.2. The molecule has 104 valence electrons. The van der Waals surface area contributed by atoms with Gasteiger partial charge in [-0.3, -0.25) is 4.79 Å². The maximum atomic E-state index is 11.6. The number of aliphatic hydroxyl groups is 1. The lowest BCUT2D eigenvalue weighted by atomic mass is 9.84. The van der Waals surface area contributed by atoms with E-state index >= 15 is 0 Å². The molecule has 2 rings (SSSR count). The summed E-state index contributed by atoms with van der Waals surface area (Å²) >= 11 is 0. The van der Waals surface area contributed by atoms with E-state index in [1.807, 2.05) is 13.8 Å². The van der Waals surface area contributed by atoms with Crippen LogP contribution in [0.1, 0.15) is 31.7 Å². The predicted octanol–water partition coefficient (Wildman–Crippen LogP) is 1.19. The summed E-state index contributed by atoms with van der Waals surface area (Å²) in [7, 11) is 0. The largest absolute Gasteiger partial charge is 0.491 e. The van der Waals surface area contributed by atoms with Crippen molar-refractivity contribution in [3.63, 3.8) is 0 Å². The Labute approximate surface area is 112 Å². The van der Waals surface area contributed by atoms with Gasteiger partial charge >= 0.3 is 0 Å². The molecule has 0 saturated heterocycles. The van der Waals surface area contributed by atoms with Crippen LogP contribution in [0.3, 0.4) is 0 Å². The van der Waals surface area contributed by atoms with E-state index in [-0.39, 0.29) is 25.0 Å². The molecule has 1 unspecified atom stereocenters. The Bertz CT molecular complexity index is 484. The lowest BCUT2D eigenvalue weighted by molar-refractivity contribution is -0.121. The highest BCUT2D eigenvalue weighted by molar-refractivity contribution is 5.83. The fourth-order valence-corrected chi connectivity index (χ4v) is 2.34. The van der Waals surface area contributed by atoms with Crippen LogP contribution >= 0.6 is 0 Å².